The number of hydrogen-bond acceptors (Lipinski definition) is 5. The Morgan fingerprint density at radius 2 is 2.37 bits per heavy atom. The summed E-state index contributed by atoms with van der Waals surface area (Å²) in [5.74, 6) is -0.117. The number of hydrogen-bond donors (Lipinski definition) is 1. The summed E-state index contributed by atoms with van der Waals surface area (Å²) in [6.45, 7) is 3.90. The molecular formula is C14H18N2O2S. The number of benzene rings is 1. The summed E-state index contributed by atoms with van der Waals surface area (Å²) in [5, 5.41) is 3.32. The van der Waals surface area contributed by atoms with Gasteiger partial charge in [-0.2, -0.15) is 0 Å². The predicted octanol–water partition coefficient (Wildman–Crippen LogP) is 2.73. The number of thiazole rings is 1. The molecule has 0 aliphatic heterocycles. The molecule has 0 aliphatic rings. The van der Waals surface area contributed by atoms with Crippen molar-refractivity contribution >= 4 is 27.5 Å². The summed E-state index contributed by atoms with van der Waals surface area (Å²) >= 11 is 1.65. The summed E-state index contributed by atoms with van der Waals surface area (Å²) in [4.78, 5) is 15.4. The summed E-state index contributed by atoms with van der Waals surface area (Å²) in [5.41, 5.74) is 4.13. The van der Waals surface area contributed by atoms with Crippen LogP contribution in [0.1, 0.15) is 25.3 Å². The van der Waals surface area contributed by atoms with Crippen LogP contribution in [0.5, 0.6) is 0 Å². The van der Waals surface area contributed by atoms with E-state index in [-0.39, 0.29) is 5.97 Å². The SMILES string of the molecule is CCOC(=O)CCCNCc1ccc2scnc2c1. The molecule has 1 N–H and O–H groups in total. The number of nitrogens with one attached hydrogen (secondary N) is 1. The molecule has 0 saturated heterocycles. The second kappa shape index (κ2) is 7.21. The molecule has 0 unspecified atom stereocenters. The zero-order valence-corrected chi connectivity index (χ0v) is 11.8. The average molecular weight is 278 g/mol. The highest BCUT2D eigenvalue weighted by atomic mass is 32.1. The number of carbonyl (C=O) groups excluding carboxylic acids is 1. The fourth-order valence-corrected chi connectivity index (χ4v) is 2.50. The van der Waals surface area contributed by atoms with Gasteiger partial charge in [0.15, 0.2) is 0 Å². The molecule has 0 spiro atoms. The molecule has 1 aromatic heterocycles. The van der Waals surface area contributed by atoms with Crippen molar-refractivity contribution in [3.8, 4) is 0 Å². The molecule has 0 bridgehead atoms. The Morgan fingerprint density at radius 1 is 1.47 bits per heavy atom. The number of fused-ring (bicyclic) bond motifs is 1. The third-order valence-corrected chi connectivity index (χ3v) is 3.57. The maximum absolute atomic E-state index is 11.1. The third kappa shape index (κ3) is 4.29. The Balaban J connectivity index is 1.69. The predicted molar refractivity (Wildman–Crippen MR) is 77.2 cm³/mol. The lowest BCUT2D eigenvalue weighted by Gasteiger charge is -2.05. The van der Waals surface area contributed by atoms with Crippen LogP contribution in [0.4, 0.5) is 0 Å². The van der Waals surface area contributed by atoms with Gasteiger partial charge in [-0.05, 0) is 37.6 Å². The first-order valence-electron chi connectivity index (χ1n) is 6.48. The molecule has 2 rings (SSSR count). The summed E-state index contributed by atoms with van der Waals surface area (Å²) < 4.78 is 6.09. The quantitative estimate of drug-likeness (QED) is 0.625. The van der Waals surface area contributed by atoms with Crippen molar-refractivity contribution in [1.29, 1.82) is 0 Å². The molecule has 5 heteroatoms. The molecule has 4 nitrogen and oxygen atoms in total. The Hall–Kier alpha value is -1.46. The highest BCUT2D eigenvalue weighted by Crippen LogP contribution is 2.18. The molecule has 0 atom stereocenters. The van der Waals surface area contributed by atoms with E-state index in [4.69, 9.17) is 4.74 Å². The van der Waals surface area contributed by atoms with E-state index in [0.29, 0.717) is 13.0 Å². The van der Waals surface area contributed by atoms with Crippen molar-refractivity contribution in [2.45, 2.75) is 26.3 Å². The van der Waals surface area contributed by atoms with E-state index in [1.54, 1.807) is 11.3 Å². The molecule has 0 aliphatic carbocycles. The van der Waals surface area contributed by atoms with Gasteiger partial charge in [-0.3, -0.25) is 4.79 Å². The zero-order chi connectivity index (χ0) is 13.5. The third-order valence-electron chi connectivity index (χ3n) is 2.76. The van der Waals surface area contributed by atoms with Gasteiger partial charge in [-0.15, -0.1) is 11.3 Å². The van der Waals surface area contributed by atoms with E-state index < -0.39 is 0 Å². The fourth-order valence-electron chi connectivity index (χ4n) is 1.84. The van der Waals surface area contributed by atoms with Crippen molar-refractivity contribution < 1.29 is 9.53 Å². The maximum Gasteiger partial charge on any atom is 0.305 e. The van der Waals surface area contributed by atoms with Gasteiger partial charge in [0.2, 0.25) is 0 Å². The van der Waals surface area contributed by atoms with Crippen LogP contribution in [-0.2, 0) is 16.1 Å². The van der Waals surface area contributed by atoms with Crippen LogP contribution in [0, 0.1) is 0 Å². The minimum atomic E-state index is -0.117. The van der Waals surface area contributed by atoms with Crippen molar-refractivity contribution in [3.63, 3.8) is 0 Å². The van der Waals surface area contributed by atoms with Crippen LogP contribution in [-0.4, -0.2) is 24.1 Å². The molecule has 0 saturated carbocycles. The summed E-state index contributed by atoms with van der Waals surface area (Å²) in [6, 6.07) is 6.31. The lowest BCUT2D eigenvalue weighted by atomic mass is 10.2. The monoisotopic (exact) mass is 278 g/mol. The van der Waals surface area contributed by atoms with Crippen molar-refractivity contribution in [2.75, 3.05) is 13.2 Å². The minimum Gasteiger partial charge on any atom is -0.466 e. The Morgan fingerprint density at radius 3 is 3.21 bits per heavy atom. The van der Waals surface area contributed by atoms with E-state index in [0.717, 1.165) is 25.0 Å². The van der Waals surface area contributed by atoms with Gasteiger partial charge in [0, 0.05) is 13.0 Å². The van der Waals surface area contributed by atoms with Crippen LogP contribution in [0.3, 0.4) is 0 Å². The largest absolute Gasteiger partial charge is 0.466 e. The van der Waals surface area contributed by atoms with Gasteiger partial charge in [0.25, 0.3) is 0 Å². The first-order valence-corrected chi connectivity index (χ1v) is 7.36. The summed E-state index contributed by atoms with van der Waals surface area (Å²) in [7, 11) is 0. The zero-order valence-electron chi connectivity index (χ0n) is 11.0. The Bertz CT molecular complexity index is 539. The number of ether oxygens (including phenoxy) is 1. The molecule has 1 aromatic carbocycles. The number of esters is 1. The van der Waals surface area contributed by atoms with E-state index in [2.05, 4.69) is 28.5 Å². The second-order valence-corrected chi connectivity index (χ2v) is 5.13. The van der Waals surface area contributed by atoms with Crippen LogP contribution in [0.2, 0.25) is 0 Å². The van der Waals surface area contributed by atoms with Crippen molar-refractivity contribution in [3.05, 3.63) is 29.3 Å². The lowest BCUT2D eigenvalue weighted by Crippen LogP contribution is -2.16. The molecule has 102 valence electrons. The van der Waals surface area contributed by atoms with Crippen molar-refractivity contribution in [1.82, 2.24) is 10.3 Å². The van der Waals surface area contributed by atoms with Crippen LogP contribution >= 0.6 is 11.3 Å². The maximum atomic E-state index is 11.1. The molecule has 0 amide bonds. The van der Waals surface area contributed by atoms with Crippen LogP contribution in [0.15, 0.2) is 23.7 Å². The molecule has 0 fully saturated rings. The van der Waals surface area contributed by atoms with Gasteiger partial charge < -0.3 is 10.1 Å². The van der Waals surface area contributed by atoms with E-state index in [1.807, 2.05) is 12.4 Å². The van der Waals surface area contributed by atoms with Crippen molar-refractivity contribution in [2.24, 2.45) is 0 Å². The molecular weight excluding hydrogens is 260 g/mol. The lowest BCUT2D eigenvalue weighted by molar-refractivity contribution is -0.143. The molecule has 19 heavy (non-hydrogen) atoms. The Kier molecular flexibility index (Phi) is 5.30. The summed E-state index contributed by atoms with van der Waals surface area (Å²) in [6.07, 6.45) is 1.28. The van der Waals surface area contributed by atoms with Gasteiger partial charge in [-0.1, -0.05) is 6.07 Å². The number of nitrogens with zero attached hydrogens (tertiary/aromatic N) is 1. The highest BCUT2D eigenvalue weighted by Gasteiger charge is 2.01. The van der Waals surface area contributed by atoms with E-state index in [1.165, 1.54) is 10.3 Å². The number of rotatable bonds is 7. The first-order chi connectivity index (χ1) is 9.29. The normalized spacial score (nSPS) is 10.8. The topological polar surface area (TPSA) is 51.2 Å². The van der Waals surface area contributed by atoms with Crippen LogP contribution in [0.25, 0.3) is 10.2 Å². The molecule has 0 radical (unpaired) electrons. The number of carbonyl (C=O) groups is 1. The Labute approximate surface area is 116 Å². The van der Waals surface area contributed by atoms with Gasteiger partial charge in [0.05, 0.1) is 22.3 Å². The van der Waals surface area contributed by atoms with E-state index >= 15 is 0 Å². The van der Waals surface area contributed by atoms with Gasteiger partial charge in [0.1, 0.15) is 0 Å². The highest BCUT2D eigenvalue weighted by molar-refractivity contribution is 7.16. The number of aromatic nitrogens is 1. The fraction of sp³-hybridized carbons (Fsp3) is 0.429. The molecule has 2 aromatic rings. The van der Waals surface area contributed by atoms with Gasteiger partial charge >= 0.3 is 5.97 Å². The van der Waals surface area contributed by atoms with Gasteiger partial charge in [-0.25, -0.2) is 4.98 Å². The average Bonchev–Trinajstić information content (AvgIpc) is 2.86. The smallest absolute Gasteiger partial charge is 0.305 e. The second-order valence-electron chi connectivity index (χ2n) is 4.24. The minimum absolute atomic E-state index is 0.117. The first kappa shape index (κ1) is 14.0. The standard InChI is InChI=1S/C14H18N2O2S/c1-2-18-14(17)4-3-7-15-9-11-5-6-13-12(8-11)16-10-19-13/h5-6,8,10,15H,2-4,7,9H2,1H3. The van der Waals surface area contributed by atoms with Crippen LogP contribution < -0.4 is 5.32 Å². The van der Waals surface area contributed by atoms with E-state index in [9.17, 15) is 4.79 Å². The molecule has 1 heterocycles.